The van der Waals surface area contributed by atoms with Crippen molar-refractivity contribution in [2.24, 2.45) is 39.8 Å². The number of H-pyrrole nitrogens is 1. The highest BCUT2D eigenvalue weighted by atomic mass is 32.2. The number of carbonyl (C=O) groups is 12. The Balaban J connectivity index is 1.07. The summed E-state index contributed by atoms with van der Waals surface area (Å²) in [6.45, 7) is 6.39. The molecular weight excluding hydrogens is 1350 g/mol. The van der Waals surface area contributed by atoms with Crippen molar-refractivity contribution in [3.8, 4) is 5.75 Å². The molecule has 10 atom stereocenters. The van der Waals surface area contributed by atoms with Gasteiger partial charge in [0.05, 0.1) is 13.1 Å². The third-order valence-electron chi connectivity index (χ3n) is 18.2. The first kappa shape index (κ1) is 80.7. The fourth-order valence-corrected chi connectivity index (χ4v) is 13.1. The average Bonchev–Trinajstić information content (AvgIpc) is 1.66. The van der Waals surface area contributed by atoms with Gasteiger partial charge in [0.25, 0.3) is 0 Å². The SMILES string of the molecule is CSCCC(NC(=O)C1CCCN1C(=O)CN)C(=O)NCC(=O)NC(Cc1c[nH]c2ccccc12)C(=O)NC(C(=O)N1CCCC1C(=O)NC(C(=O)NC(Cc1ccccc1)C(=O)NC(Cc1ccc(O)cc1)C(=O)NC(CCCN=C(N)N)C(=O)NC(Cc1ccccc1)C(N)=O)C(C)C)C(C)C. The third kappa shape index (κ3) is 23.8. The number of likely N-dealkylation sites (tertiary alicyclic amines) is 2. The lowest BCUT2D eigenvalue weighted by atomic mass is 9.99. The fourth-order valence-electron chi connectivity index (χ4n) is 12.6. The summed E-state index contributed by atoms with van der Waals surface area (Å²) in [6, 6.07) is 18.4. The van der Waals surface area contributed by atoms with Gasteiger partial charge in [0.2, 0.25) is 70.9 Å². The molecule has 7 rings (SSSR count). The molecule has 104 heavy (non-hydrogen) atoms. The normalized spacial score (nSPS) is 16.5. The van der Waals surface area contributed by atoms with Crippen LogP contribution >= 0.6 is 11.8 Å². The van der Waals surface area contributed by atoms with E-state index < -0.39 is 150 Å². The molecule has 2 aliphatic heterocycles. The van der Waals surface area contributed by atoms with Crippen LogP contribution in [-0.4, -0.2) is 202 Å². The van der Waals surface area contributed by atoms with Crippen LogP contribution in [0, 0.1) is 11.8 Å². The number of thioether (sulfide) groups is 1. The smallest absolute Gasteiger partial charge is 0.246 e. The maximum Gasteiger partial charge on any atom is 0.246 e. The molecule has 30 nitrogen and oxygen atoms in total. The van der Waals surface area contributed by atoms with Crippen LogP contribution in [0.5, 0.6) is 5.75 Å². The van der Waals surface area contributed by atoms with Crippen LogP contribution in [0.2, 0.25) is 0 Å². The van der Waals surface area contributed by atoms with E-state index in [0.717, 1.165) is 10.9 Å². The lowest BCUT2D eigenvalue weighted by Crippen LogP contribution is -2.61. The van der Waals surface area contributed by atoms with Crippen LogP contribution in [0.3, 0.4) is 0 Å². The molecule has 2 saturated heterocycles. The number of para-hydroxylation sites is 1. The molecular formula is C73H99N17O13S. The van der Waals surface area contributed by atoms with Crippen LogP contribution in [0.25, 0.3) is 10.9 Å². The minimum absolute atomic E-state index is 0.0362. The Morgan fingerprint density at radius 3 is 1.63 bits per heavy atom. The molecule has 5 aromatic rings. The summed E-state index contributed by atoms with van der Waals surface area (Å²) in [5, 5.41) is 35.7. The van der Waals surface area contributed by atoms with Gasteiger partial charge in [-0.15, -0.1) is 0 Å². The summed E-state index contributed by atoms with van der Waals surface area (Å²) in [7, 11) is 0. The van der Waals surface area contributed by atoms with E-state index >= 15 is 0 Å². The van der Waals surface area contributed by atoms with E-state index in [9.17, 15) is 62.6 Å². The van der Waals surface area contributed by atoms with E-state index in [1.165, 1.54) is 45.8 Å². The van der Waals surface area contributed by atoms with Crippen LogP contribution < -0.4 is 70.8 Å². The summed E-state index contributed by atoms with van der Waals surface area (Å²) >= 11 is 1.44. The lowest BCUT2D eigenvalue weighted by molar-refractivity contribution is -0.143. The van der Waals surface area contributed by atoms with Crippen molar-refractivity contribution in [2.45, 2.75) is 159 Å². The van der Waals surface area contributed by atoms with Crippen LogP contribution in [0.4, 0.5) is 0 Å². The van der Waals surface area contributed by atoms with Crippen LogP contribution in [0.15, 0.2) is 120 Å². The number of primary amides is 1. The van der Waals surface area contributed by atoms with Gasteiger partial charge in [0, 0.05) is 62.4 Å². The molecule has 2 fully saturated rings. The Hall–Kier alpha value is -10.6. The van der Waals surface area contributed by atoms with Crippen molar-refractivity contribution < 1.29 is 62.6 Å². The van der Waals surface area contributed by atoms with Gasteiger partial charge in [0.15, 0.2) is 5.96 Å². The van der Waals surface area contributed by atoms with Gasteiger partial charge in [-0.2, -0.15) is 11.8 Å². The van der Waals surface area contributed by atoms with E-state index in [2.05, 4.69) is 57.8 Å². The molecule has 1 aromatic heterocycles. The molecule has 10 unspecified atom stereocenters. The van der Waals surface area contributed by atoms with Gasteiger partial charge in [-0.1, -0.05) is 119 Å². The van der Waals surface area contributed by atoms with Gasteiger partial charge in [-0.05, 0) is 109 Å². The monoisotopic (exact) mass is 1450 g/mol. The molecule has 0 saturated carbocycles. The van der Waals surface area contributed by atoms with Crippen LogP contribution in [-0.2, 0) is 83.2 Å². The predicted molar refractivity (Wildman–Crippen MR) is 393 cm³/mol. The Labute approximate surface area is 608 Å². The number of amides is 12. The quantitative estimate of drug-likeness (QED) is 0.0137. The number of aromatic amines is 1. The zero-order valence-corrected chi connectivity index (χ0v) is 60.1. The maximum atomic E-state index is 15.0. The second-order valence-electron chi connectivity index (χ2n) is 26.7. The summed E-state index contributed by atoms with van der Waals surface area (Å²) in [4.78, 5) is 180. The molecule has 0 spiro atoms. The van der Waals surface area contributed by atoms with Gasteiger partial charge in [-0.25, -0.2) is 0 Å². The number of aromatic nitrogens is 1. The second kappa shape index (κ2) is 39.8. The van der Waals surface area contributed by atoms with E-state index in [1.54, 1.807) is 94.6 Å². The minimum Gasteiger partial charge on any atom is -0.508 e. The molecule has 0 aliphatic carbocycles. The number of guanidine groups is 1. The Morgan fingerprint density at radius 1 is 0.548 bits per heavy atom. The Bertz CT molecular complexity index is 3820. The summed E-state index contributed by atoms with van der Waals surface area (Å²) in [6.07, 6.45) is 5.02. The Morgan fingerprint density at radius 2 is 1.05 bits per heavy atom. The molecule has 0 radical (unpaired) electrons. The molecule has 12 amide bonds. The number of hydrogen-bond donors (Lipinski definition) is 15. The molecule has 4 aromatic carbocycles. The number of nitrogens with zero attached hydrogens (tertiary/aromatic N) is 3. The van der Waals surface area contributed by atoms with Gasteiger partial charge in [-0.3, -0.25) is 62.5 Å². The predicted octanol–water partition coefficient (Wildman–Crippen LogP) is -0.317. The number of nitrogens with two attached hydrogens (primary N) is 4. The molecule has 31 heteroatoms. The number of rotatable bonds is 38. The van der Waals surface area contributed by atoms with Gasteiger partial charge >= 0.3 is 0 Å². The summed E-state index contributed by atoms with van der Waals surface area (Å²) in [5.74, 6) is -9.52. The zero-order valence-electron chi connectivity index (χ0n) is 59.3. The van der Waals surface area contributed by atoms with Crippen molar-refractivity contribution in [1.82, 2.24) is 62.6 Å². The zero-order chi connectivity index (χ0) is 75.6. The largest absolute Gasteiger partial charge is 0.508 e. The van der Waals surface area contributed by atoms with E-state index in [1.807, 2.05) is 30.5 Å². The maximum absolute atomic E-state index is 15.0. The molecule has 19 N–H and O–H groups in total. The standard InChI is InChI=1S/C73H99N17O13S/c1-42(2)61(71(102)86-55(36-45-19-10-7-11-20-45)67(98)85-54(37-46-26-28-48(91)29-27-46)66(97)82-51(23-14-31-78-73(76)77)65(96)84-53(63(75)94)35-44-17-8-6-9-18-44)87-70(101)58-25-16-33-90(58)72(103)62(43(3)4)88-68(99)56(38-47-40-79-50-22-13-12-21-49(47)50)81-59(92)41-80-64(95)52(30-34-104-5)83-69(100)57-24-15-32-89(57)60(93)39-74/h6-13,17-22,26-29,40,42-43,51-58,61-62,79,91H,14-16,23-25,30-39,41,74H2,1-5H3,(H2,75,94)(H,80,95)(H,81,92)(H,82,97)(H,83,100)(H,84,96)(H,85,98)(H,86,102)(H,87,101)(H,88,99)(H4,76,77,78). The van der Waals surface area contributed by atoms with Gasteiger partial charge in [0.1, 0.15) is 66.2 Å². The number of benzene rings is 4. The highest BCUT2D eigenvalue weighted by Crippen LogP contribution is 2.24. The number of phenols is 1. The highest BCUT2D eigenvalue weighted by Gasteiger charge is 2.42. The second-order valence-corrected chi connectivity index (χ2v) is 27.7. The first-order chi connectivity index (χ1) is 49.7. The number of nitrogens with one attached hydrogen (secondary N) is 10. The number of aliphatic imine (C=N–C) groups is 1. The highest BCUT2D eigenvalue weighted by molar-refractivity contribution is 7.98. The number of hydrogen-bond acceptors (Lipinski definition) is 16. The van der Waals surface area contributed by atoms with E-state index in [4.69, 9.17) is 22.9 Å². The van der Waals surface area contributed by atoms with E-state index in [-0.39, 0.29) is 82.7 Å². The van der Waals surface area contributed by atoms with E-state index in [0.29, 0.717) is 53.8 Å². The van der Waals surface area contributed by atoms with Crippen molar-refractivity contribution in [2.75, 3.05) is 44.7 Å². The molecule has 560 valence electrons. The Kier molecular flexibility index (Phi) is 30.9. The first-order valence-electron chi connectivity index (χ1n) is 35.0. The lowest BCUT2D eigenvalue weighted by Gasteiger charge is -2.33. The third-order valence-corrected chi connectivity index (χ3v) is 18.9. The van der Waals surface area contributed by atoms with Gasteiger partial charge < -0.3 is 90.7 Å². The van der Waals surface area contributed by atoms with Crippen molar-refractivity contribution in [3.63, 3.8) is 0 Å². The van der Waals surface area contributed by atoms with Crippen molar-refractivity contribution >= 4 is 99.5 Å². The molecule has 3 heterocycles. The average molecular weight is 1450 g/mol. The molecule has 0 bridgehead atoms. The van der Waals surface area contributed by atoms with Crippen LogP contribution in [0.1, 0.15) is 94.9 Å². The number of carbonyl (C=O) groups excluding carboxylic acids is 12. The minimum atomic E-state index is -1.45. The number of aromatic hydroxyl groups is 1. The number of phenolic OH excluding ortho intramolecular Hbond substituents is 1. The topological polar surface area (TPSA) is 472 Å². The van der Waals surface area contributed by atoms with Crippen molar-refractivity contribution in [3.05, 3.63) is 138 Å². The first-order valence-corrected chi connectivity index (χ1v) is 36.4. The molecule has 2 aliphatic rings. The number of fused-ring (bicyclic) bond motifs is 1. The summed E-state index contributed by atoms with van der Waals surface area (Å²) in [5.41, 5.74) is 25.7. The fraction of sp³-hybridized carbons (Fsp3) is 0.466. The summed E-state index contributed by atoms with van der Waals surface area (Å²) < 4.78 is 0. The van der Waals surface area contributed by atoms with Crippen molar-refractivity contribution in [1.29, 1.82) is 0 Å².